The standard InChI is InChI=1S/C12H13BrFNO3S/c1-15(8-5-6-19(17,18)7-8)12(16)9-3-2-4-10(14)11(9)13/h2-4,8H,5-7H2,1H3. The van der Waals surface area contributed by atoms with Gasteiger partial charge in [-0.15, -0.1) is 0 Å². The third kappa shape index (κ3) is 2.97. The van der Waals surface area contributed by atoms with Crippen LogP contribution in [0, 0.1) is 5.82 Å². The van der Waals surface area contributed by atoms with Crippen molar-refractivity contribution in [3.8, 4) is 0 Å². The van der Waals surface area contributed by atoms with Gasteiger partial charge in [0, 0.05) is 13.1 Å². The van der Waals surface area contributed by atoms with Gasteiger partial charge in [0.1, 0.15) is 5.82 Å². The molecule has 0 bridgehead atoms. The van der Waals surface area contributed by atoms with E-state index >= 15 is 0 Å². The summed E-state index contributed by atoms with van der Waals surface area (Å²) in [4.78, 5) is 13.6. The largest absolute Gasteiger partial charge is 0.338 e. The highest BCUT2D eigenvalue weighted by molar-refractivity contribution is 9.10. The van der Waals surface area contributed by atoms with E-state index in [4.69, 9.17) is 0 Å². The maximum Gasteiger partial charge on any atom is 0.255 e. The number of benzene rings is 1. The van der Waals surface area contributed by atoms with Crippen LogP contribution in [0.25, 0.3) is 0 Å². The predicted molar refractivity (Wildman–Crippen MR) is 73.3 cm³/mol. The first-order valence-electron chi connectivity index (χ1n) is 5.73. The van der Waals surface area contributed by atoms with E-state index in [-0.39, 0.29) is 33.5 Å². The minimum atomic E-state index is -3.05. The van der Waals surface area contributed by atoms with Crippen LogP contribution < -0.4 is 0 Å². The van der Waals surface area contributed by atoms with Gasteiger partial charge in [-0.1, -0.05) is 6.07 Å². The van der Waals surface area contributed by atoms with E-state index in [9.17, 15) is 17.6 Å². The number of carbonyl (C=O) groups is 1. The zero-order chi connectivity index (χ0) is 14.2. The zero-order valence-corrected chi connectivity index (χ0v) is 12.7. The lowest BCUT2D eigenvalue weighted by atomic mass is 10.1. The maximum absolute atomic E-state index is 13.4. The summed E-state index contributed by atoms with van der Waals surface area (Å²) in [6.45, 7) is 0. The van der Waals surface area contributed by atoms with E-state index in [1.54, 1.807) is 7.05 Å². The Morgan fingerprint density at radius 2 is 2.16 bits per heavy atom. The number of rotatable bonds is 2. The van der Waals surface area contributed by atoms with Gasteiger partial charge >= 0.3 is 0 Å². The Hall–Kier alpha value is -0.950. The van der Waals surface area contributed by atoms with Crippen LogP contribution in [0.1, 0.15) is 16.8 Å². The molecule has 2 rings (SSSR count). The number of nitrogens with zero attached hydrogens (tertiary/aromatic N) is 1. The minimum Gasteiger partial charge on any atom is -0.338 e. The highest BCUT2D eigenvalue weighted by Crippen LogP contribution is 2.24. The van der Waals surface area contributed by atoms with Crippen molar-refractivity contribution in [1.82, 2.24) is 4.90 Å². The second kappa shape index (κ2) is 5.20. The van der Waals surface area contributed by atoms with Crippen LogP contribution in [0.2, 0.25) is 0 Å². The van der Waals surface area contributed by atoms with Crippen molar-refractivity contribution in [2.24, 2.45) is 0 Å². The molecule has 0 radical (unpaired) electrons. The number of hydrogen-bond donors (Lipinski definition) is 0. The van der Waals surface area contributed by atoms with Gasteiger partial charge in [0.2, 0.25) is 0 Å². The molecule has 1 fully saturated rings. The Labute approximate surface area is 119 Å². The van der Waals surface area contributed by atoms with E-state index < -0.39 is 15.7 Å². The topological polar surface area (TPSA) is 54.5 Å². The van der Waals surface area contributed by atoms with Gasteiger partial charge in [0.05, 0.1) is 21.5 Å². The summed E-state index contributed by atoms with van der Waals surface area (Å²) in [7, 11) is -1.51. The Kier molecular flexibility index (Phi) is 3.96. The molecule has 1 saturated heterocycles. The molecule has 0 N–H and O–H groups in total. The van der Waals surface area contributed by atoms with Crippen molar-refractivity contribution in [2.45, 2.75) is 12.5 Å². The van der Waals surface area contributed by atoms with Gasteiger partial charge in [-0.2, -0.15) is 0 Å². The molecule has 0 saturated carbocycles. The molecular weight excluding hydrogens is 337 g/mol. The van der Waals surface area contributed by atoms with Gasteiger partial charge in [0.25, 0.3) is 5.91 Å². The van der Waals surface area contributed by atoms with E-state index in [0.717, 1.165) is 0 Å². The summed E-state index contributed by atoms with van der Waals surface area (Å²) in [5, 5.41) is 0. The molecule has 1 unspecified atom stereocenters. The highest BCUT2D eigenvalue weighted by Gasteiger charge is 2.33. The van der Waals surface area contributed by atoms with E-state index in [1.807, 2.05) is 0 Å². The lowest BCUT2D eigenvalue weighted by Crippen LogP contribution is -2.38. The minimum absolute atomic E-state index is 0.0256. The second-order valence-corrected chi connectivity index (χ2v) is 7.60. The molecule has 1 aromatic rings. The molecule has 0 aliphatic carbocycles. The summed E-state index contributed by atoms with van der Waals surface area (Å²) in [5.74, 6) is -0.825. The third-order valence-electron chi connectivity index (χ3n) is 3.26. The van der Waals surface area contributed by atoms with Crippen molar-refractivity contribution >= 4 is 31.7 Å². The molecule has 7 heteroatoms. The summed E-state index contributed by atoms with van der Waals surface area (Å²) < 4.78 is 36.3. The summed E-state index contributed by atoms with van der Waals surface area (Å²) in [5.41, 5.74) is 0.201. The SMILES string of the molecule is CN(C(=O)c1cccc(F)c1Br)C1CCS(=O)(=O)C1. The Morgan fingerprint density at radius 1 is 1.47 bits per heavy atom. The fourth-order valence-corrected chi connectivity index (χ4v) is 4.31. The quantitative estimate of drug-likeness (QED) is 0.818. The Morgan fingerprint density at radius 3 is 2.74 bits per heavy atom. The molecular formula is C12H13BrFNO3S. The molecule has 0 aromatic heterocycles. The Balaban J connectivity index is 2.23. The molecule has 1 aliphatic rings. The fourth-order valence-electron chi connectivity index (χ4n) is 2.11. The zero-order valence-electron chi connectivity index (χ0n) is 10.3. The van der Waals surface area contributed by atoms with Crippen LogP contribution in [0.5, 0.6) is 0 Å². The van der Waals surface area contributed by atoms with E-state index in [1.165, 1.54) is 23.1 Å². The number of amides is 1. The van der Waals surface area contributed by atoms with Gasteiger partial charge in [-0.05, 0) is 34.5 Å². The first-order chi connectivity index (χ1) is 8.82. The summed E-state index contributed by atoms with van der Waals surface area (Å²) >= 11 is 3.04. The highest BCUT2D eigenvalue weighted by atomic mass is 79.9. The van der Waals surface area contributed by atoms with Crippen molar-refractivity contribution in [3.63, 3.8) is 0 Å². The van der Waals surface area contributed by atoms with Crippen LogP contribution in [0.4, 0.5) is 4.39 Å². The molecule has 19 heavy (non-hydrogen) atoms. The molecule has 1 aliphatic heterocycles. The molecule has 1 amide bonds. The van der Waals surface area contributed by atoms with Crippen molar-refractivity contribution in [2.75, 3.05) is 18.6 Å². The van der Waals surface area contributed by atoms with Crippen LogP contribution in [0.3, 0.4) is 0 Å². The number of hydrogen-bond acceptors (Lipinski definition) is 3. The lowest BCUT2D eigenvalue weighted by Gasteiger charge is -2.24. The normalized spacial score (nSPS) is 21.3. The van der Waals surface area contributed by atoms with Crippen LogP contribution in [-0.4, -0.2) is 43.8 Å². The first-order valence-corrected chi connectivity index (χ1v) is 8.35. The van der Waals surface area contributed by atoms with E-state index in [2.05, 4.69) is 15.9 Å². The van der Waals surface area contributed by atoms with E-state index in [0.29, 0.717) is 6.42 Å². The first kappa shape index (κ1) is 14.5. The molecule has 1 atom stereocenters. The summed E-state index contributed by atoms with van der Waals surface area (Å²) in [6, 6.07) is 3.87. The van der Waals surface area contributed by atoms with Gasteiger partial charge in [0.15, 0.2) is 9.84 Å². The summed E-state index contributed by atoms with van der Waals surface area (Å²) in [6.07, 6.45) is 0.428. The molecule has 4 nitrogen and oxygen atoms in total. The fraction of sp³-hybridized carbons (Fsp3) is 0.417. The number of carbonyl (C=O) groups excluding carboxylic acids is 1. The van der Waals surface area contributed by atoms with Gasteiger partial charge < -0.3 is 4.90 Å². The second-order valence-electron chi connectivity index (χ2n) is 4.57. The lowest BCUT2D eigenvalue weighted by molar-refractivity contribution is 0.0746. The maximum atomic E-state index is 13.4. The monoisotopic (exact) mass is 349 g/mol. The van der Waals surface area contributed by atoms with Gasteiger partial charge in [-0.3, -0.25) is 4.79 Å². The molecule has 0 spiro atoms. The van der Waals surface area contributed by atoms with Crippen LogP contribution in [0.15, 0.2) is 22.7 Å². The number of sulfone groups is 1. The predicted octanol–water partition coefficient (Wildman–Crippen LogP) is 1.85. The van der Waals surface area contributed by atoms with Crippen LogP contribution in [-0.2, 0) is 9.84 Å². The van der Waals surface area contributed by atoms with Crippen molar-refractivity contribution in [1.29, 1.82) is 0 Å². The van der Waals surface area contributed by atoms with Crippen molar-refractivity contribution in [3.05, 3.63) is 34.1 Å². The number of halogens is 2. The smallest absolute Gasteiger partial charge is 0.255 e. The van der Waals surface area contributed by atoms with Gasteiger partial charge in [-0.25, -0.2) is 12.8 Å². The van der Waals surface area contributed by atoms with Crippen molar-refractivity contribution < 1.29 is 17.6 Å². The molecule has 104 valence electrons. The average molecular weight is 350 g/mol. The molecule has 1 heterocycles. The van der Waals surface area contributed by atoms with Crippen LogP contribution >= 0.6 is 15.9 Å². The molecule has 1 aromatic carbocycles. The third-order valence-corrected chi connectivity index (χ3v) is 5.81. The Bertz CT molecular complexity index is 617. The average Bonchev–Trinajstić information content (AvgIpc) is 2.71.